The number of benzene rings is 2. The number of amides is 1. The summed E-state index contributed by atoms with van der Waals surface area (Å²) in [5.74, 6) is 0.688. The molecule has 0 unspecified atom stereocenters. The average molecular weight is 644 g/mol. The van der Waals surface area contributed by atoms with E-state index in [0.717, 1.165) is 70.9 Å². The van der Waals surface area contributed by atoms with E-state index in [-0.39, 0.29) is 24.0 Å². The van der Waals surface area contributed by atoms with Crippen molar-refractivity contribution in [2.45, 2.75) is 43.8 Å². The van der Waals surface area contributed by atoms with Crippen LogP contribution in [0, 0.1) is 6.57 Å². The second-order valence-electron chi connectivity index (χ2n) is 12.5. The summed E-state index contributed by atoms with van der Waals surface area (Å²) >= 11 is 6.72. The van der Waals surface area contributed by atoms with Crippen molar-refractivity contribution in [3.63, 3.8) is 0 Å². The largest absolute Gasteiger partial charge is 0.462 e. The molecule has 242 valence electrons. The lowest BCUT2D eigenvalue weighted by Crippen LogP contribution is -2.56. The van der Waals surface area contributed by atoms with Gasteiger partial charge in [-0.25, -0.2) is 6.57 Å². The predicted octanol–water partition coefficient (Wildman–Crippen LogP) is 4.85. The second kappa shape index (κ2) is 13.8. The molecule has 1 saturated carbocycles. The van der Waals surface area contributed by atoms with Crippen LogP contribution in [0.3, 0.4) is 0 Å². The number of ether oxygens (including phenoxy) is 2. The summed E-state index contributed by atoms with van der Waals surface area (Å²) in [6.07, 6.45) is 5.53. The standard InChI is InChI=1S/C35H42ClN7O3/c1-5-31(44)43-18-17-42(22-26(43)21-37-2)33-27-13-16-41(30-12-7-10-25-9-6-11-28(36)32(25)30)23-29(27)38-34(39-33)46-20-19-40(3)35(24-45-4)14-8-15-35/h5-7,9-12,26H,1,8,13-24H2,3-4H3/t26-/m0/s1. The van der Waals surface area contributed by atoms with Crippen molar-refractivity contribution >= 4 is 39.8 Å². The first-order valence-electron chi connectivity index (χ1n) is 16.0. The number of hydrogen-bond donors (Lipinski definition) is 0. The number of rotatable bonds is 11. The van der Waals surface area contributed by atoms with E-state index < -0.39 is 0 Å². The molecule has 6 rings (SSSR count). The molecular formula is C35H42ClN7O3. The van der Waals surface area contributed by atoms with Crippen LogP contribution in [0.5, 0.6) is 6.01 Å². The van der Waals surface area contributed by atoms with Gasteiger partial charge in [0.25, 0.3) is 0 Å². The Morgan fingerprint density at radius 3 is 2.72 bits per heavy atom. The number of hydrogen-bond acceptors (Lipinski definition) is 8. The number of fused-ring (bicyclic) bond motifs is 2. The zero-order valence-corrected chi connectivity index (χ0v) is 27.5. The topological polar surface area (TPSA) is 78.6 Å². The van der Waals surface area contributed by atoms with Crippen LogP contribution in [0.25, 0.3) is 15.6 Å². The molecular weight excluding hydrogens is 602 g/mol. The van der Waals surface area contributed by atoms with Gasteiger partial charge in [0.2, 0.25) is 12.5 Å². The average Bonchev–Trinajstić information content (AvgIpc) is 3.05. The summed E-state index contributed by atoms with van der Waals surface area (Å²) in [6, 6.07) is 12.4. The van der Waals surface area contributed by atoms with Crippen molar-refractivity contribution in [3.05, 3.63) is 76.8 Å². The minimum absolute atomic E-state index is 0.0701. The molecule has 3 aromatic rings. The van der Waals surface area contributed by atoms with E-state index in [9.17, 15) is 4.79 Å². The molecule has 2 aliphatic heterocycles. The molecule has 0 bridgehead atoms. The summed E-state index contributed by atoms with van der Waals surface area (Å²) in [7, 11) is 3.90. The van der Waals surface area contributed by atoms with Crippen molar-refractivity contribution < 1.29 is 14.3 Å². The Morgan fingerprint density at radius 1 is 1.20 bits per heavy atom. The van der Waals surface area contributed by atoms with Crippen LogP contribution in [0.1, 0.15) is 30.5 Å². The molecule has 1 saturated heterocycles. The summed E-state index contributed by atoms with van der Waals surface area (Å²) in [5, 5.41) is 2.86. The Hall–Kier alpha value is -3.91. The lowest BCUT2D eigenvalue weighted by molar-refractivity contribution is -0.128. The summed E-state index contributed by atoms with van der Waals surface area (Å²) in [5.41, 5.74) is 3.16. The van der Waals surface area contributed by atoms with Gasteiger partial charge in [0.1, 0.15) is 18.5 Å². The fourth-order valence-corrected chi connectivity index (χ4v) is 7.46. The van der Waals surface area contributed by atoms with E-state index in [1.54, 1.807) is 12.0 Å². The molecule has 1 amide bonds. The van der Waals surface area contributed by atoms with Crippen LogP contribution in [0.4, 0.5) is 11.5 Å². The maximum Gasteiger partial charge on any atom is 0.318 e. The van der Waals surface area contributed by atoms with Gasteiger partial charge in [0.05, 0.1) is 23.9 Å². The molecule has 11 heteroatoms. The van der Waals surface area contributed by atoms with E-state index in [0.29, 0.717) is 45.4 Å². The zero-order valence-electron chi connectivity index (χ0n) is 26.8. The van der Waals surface area contributed by atoms with E-state index >= 15 is 0 Å². The number of likely N-dealkylation sites (N-methyl/N-ethyl adjacent to an activating group) is 1. The molecule has 10 nitrogen and oxygen atoms in total. The maximum atomic E-state index is 12.6. The van der Waals surface area contributed by atoms with Crippen LogP contribution in [-0.4, -0.2) is 104 Å². The third-order valence-electron chi connectivity index (χ3n) is 9.90. The predicted molar refractivity (Wildman–Crippen MR) is 182 cm³/mol. The maximum absolute atomic E-state index is 12.6. The Morgan fingerprint density at radius 2 is 2.00 bits per heavy atom. The van der Waals surface area contributed by atoms with Gasteiger partial charge >= 0.3 is 6.01 Å². The Bertz CT molecular complexity index is 1630. The third kappa shape index (κ3) is 6.24. The normalized spacial score (nSPS) is 19.0. The number of anilines is 2. The lowest BCUT2D eigenvalue weighted by atomic mass is 9.76. The molecule has 1 aliphatic carbocycles. The monoisotopic (exact) mass is 643 g/mol. The van der Waals surface area contributed by atoms with E-state index in [1.807, 2.05) is 12.1 Å². The van der Waals surface area contributed by atoms with E-state index in [4.69, 9.17) is 37.6 Å². The van der Waals surface area contributed by atoms with Gasteiger partial charge in [-0.3, -0.25) is 9.69 Å². The molecule has 46 heavy (non-hydrogen) atoms. The zero-order chi connectivity index (χ0) is 32.3. The van der Waals surface area contributed by atoms with Crippen LogP contribution >= 0.6 is 11.6 Å². The van der Waals surface area contributed by atoms with Crippen LogP contribution in [0.15, 0.2) is 49.1 Å². The molecule has 2 fully saturated rings. The number of aromatic nitrogens is 2. The van der Waals surface area contributed by atoms with E-state index in [2.05, 4.69) is 57.4 Å². The quantitative estimate of drug-likeness (QED) is 0.217. The minimum Gasteiger partial charge on any atom is -0.462 e. The van der Waals surface area contributed by atoms with Gasteiger partial charge in [-0.2, -0.15) is 9.97 Å². The van der Waals surface area contributed by atoms with Gasteiger partial charge in [0.15, 0.2) is 0 Å². The molecule has 1 atom stereocenters. The fourth-order valence-electron chi connectivity index (χ4n) is 7.18. The van der Waals surface area contributed by atoms with Gasteiger partial charge in [-0.15, -0.1) is 0 Å². The summed E-state index contributed by atoms with van der Waals surface area (Å²) in [4.78, 5) is 34.8. The highest BCUT2D eigenvalue weighted by molar-refractivity contribution is 6.36. The number of piperazine rings is 1. The van der Waals surface area contributed by atoms with Gasteiger partial charge in [-0.1, -0.05) is 42.4 Å². The van der Waals surface area contributed by atoms with Crippen molar-refractivity contribution in [1.82, 2.24) is 19.8 Å². The molecule has 2 aromatic carbocycles. The minimum atomic E-state index is -0.252. The first-order chi connectivity index (χ1) is 22.4. The van der Waals surface area contributed by atoms with Crippen LogP contribution in [-0.2, 0) is 22.5 Å². The summed E-state index contributed by atoms with van der Waals surface area (Å²) < 4.78 is 11.8. The van der Waals surface area contributed by atoms with Crippen LogP contribution in [0.2, 0.25) is 5.02 Å². The van der Waals surface area contributed by atoms with Gasteiger partial charge in [-0.05, 0) is 56.3 Å². The Labute approximate surface area is 276 Å². The molecule has 3 aliphatic rings. The molecule has 0 N–H and O–H groups in total. The molecule has 1 aromatic heterocycles. The highest BCUT2D eigenvalue weighted by Gasteiger charge is 2.40. The number of methoxy groups -OCH3 is 1. The second-order valence-corrected chi connectivity index (χ2v) is 12.9. The number of nitrogens with zero attached hydrogens (tertiary/aromatic N) is 7. The lowest BCUT2D eigenvalue weighted by Gasteiger charge is -2.48. The summed E-state index contributed by atoms with van der Waals surface area (Å²) in [6.45, 7) is 16.3. The van der Waals surface area contributed by atoms with Crippen molar-refractivity contribution in [3.8, 4) is 6.01 Å². The SMILES string of the molecule is [C-]#[N+]C[C@H]1CN(c2nc(OCCN(C)C3(COC)CCC3)nc3c2CCN(c2cccc4cccc(Cl)c24)C3)CCN1C(=O)C=C. The van der Waals surface area contributed by atoms with Crippen LogP contribution < -0.4 is 14.5 Å². The Kier molecular flexibility index (Phi) is 9.64. The molecule has 3 heterocycles. The van der Waals surface area contributed by atoms with E-state index in [1.165, 1.54) is 12.5 Å². The highest BCUT2D eigenvalue weighted by atomic mass is 35.5. The smallest absolute Gasteiger partial charge is 0.318 e. The fraction of sp³-hybridized carbons (Fsp3) is 0.486. The van der Waals surface area contributed by atoms with Crippen molar-refractivity contribution in [1.29, 1.82) is 0 Å². The first kappa shape index (κ1) is 32.0. The molecule has 0 spiro atoms. The van der Waals surface area contributed by atoms with Crippen molar-refractivity contribution in [2.24, 2.45) is 0 Å². The highest BCUT2D eigenvalue weighted by Crippen LogP contribution is 2.38. The van der Waals surface area contributed by atoms with Gasteiger partial charge < -0.3 is 29.0 Å². The molecule has 0 radical (unpaired) electrons. The first-order valence-corrected chi connectivity index (χ1v) is 16.4. The van der Waals surface area contributed by atoms with Crippen molar-refractivity contribution in [2.75, 3.05) is 76.4 Å². The number of carbonyl (C=O) groups excluding carboxylic acids is 1. The number of halogens is 1. The Balaban J connectivity index is 1.29. The third-order valence-corrected chi connectivity index (χ3v) is 10.2. The van der Waals surface area contributed by atoms with Gasteiger partial charge in [0, 0.05) is 62.0 Å². The number of carbonyl (C=O) groups is 1.